The molecule has 0 fully saturated rings. The minimum absolute atomic E-state index is 0.893. The van der Waals surface area contributed by atoms with Crippen molar-refractivity contribution in [1.82, 2.24) is 0 Å². The molecule has 0 bridgehead atoms. The second-order valence-electron chi connectivity index (χ2n) is 12.6. The van der Waals surface area contributed by atoms with E-state index in [-0.39, 0.29) is 0 Å². The first kappa shape index (κ1) is 27.9. The molecule has 0 saturated heterocycles. The largest absolute Gasteiger partial charge is 0.456 e. The highest BCUT2D eigenvalue weighted by Gasteiger charge is 2.16. The number of nitrogens with zero attached hydrogens (tertiary/aromatic N) is 1. The minimum Gasteiger partial charge on any atom is -0.456 e. The molecule has 2 aromatic heterocycles. The highest BCUT2D eigenvalue weighted by molar-refractivity contribution is 7.25. The van der Waals surface area contributed by atoms with Crippen molar-refractivity contribution in [1.29, 1.82) is 0 Å². The van der Waals surface area contributed by atoms with Crippen LogP contribution in [0.1, 0.15) is 0 Å². The van der Waals surface area contributed by atoms with Crippen LogP contribution in [0.15, 0.2) is 180 Å². The molecule has 10 rings (SSSR count). The Balaban J connectivity index is 1.06. The van der Waals surface area contributed by atoms with E-state index in [4.69, 9.17) is 4.42 Å². The molecular weight excluding hydrogens is 615 g/mol. The number of para-hydroxylation sites is 1. The van der Waals surface area contributed by atoms with Gasteiger partial charge >= 0.3 is 0 Å². The Morgan fingerprint density at radius 1 is 0.347 bits per heavy atom. The summed E-state index contributed by atoms with van der Waals surface area (Å²) in [6.45, 7) is 0. The standard InChI is InChI=1S/C46H29NOS/c1-2-8-30(9-3-1)31-14-19-36(20-15-31)47(38-23-25-44-41(29-38)39-12-6-7-13-43(39)48-44)37-21-16-32(17-22-37)35-18-24-40-42-26-33-10-4-5-11-34(33)27-46(42)49-45(40)28-35/h1-29H. The summed E-state index contributed by atoms with van der Waals surface area (Å²) in [5, 5.41) is 7.46. The molecule has 0 atom stereocenters. The Morgan fingerprint density at radius 2 is 0.918 bits per heavy atom. The quantitative estimate of drug-likeness (QED) is 0.186. The third kappa shape index (κ3) is 4.78. The fraction of sp³-hybridized carbons (Fsp3) is 0. The van der Waals surface area contributed by atoms with Gasteiger partial charge in [-0.25, -0.2) is 0 Å². The molecular formula is C46H29NOS. The maximum atomic E-state index is 6.18. The van der Waals surface area contributed by atoms with E-state index < -0.39 is 0 Å². The highest BCUT2D eigenvalue weighted by Crippen LogP contribution is 2.41. The number of rotatable bonds is 5. The van der Waals surface area contributed by atoms with Crippen molar-refractivity contribution in [2.24, 2.45) is 0 Å². The van der Waals surface area contributed by atoms with E-state index in [1.54, 1.807) is 0 Å². The molecule has 2 nitrogen and oxygen atoms in total. The van der Waals surface area contributed by atoms with Crippen LogP contribution in [0.5, 0.6) is 0 Å². The fourth-order valence-corrected chi connectivity index (χ4v) is 8.35. The molecule has 0 aliphatic carbocycles. The lowest BCUT2D eigenvalue weighted by Crippen LogP contribution is -2.09. The van der Waals surface area contributed by atoms with Crippen molar-refractivity contribution in [3.8, 4) is 22.3 Å². The van der Waals surface area contributed by atoms with Gasteiger partial charge in [0.2, 0.25) is 0 Å². The lowest BCUT2D eigenvalue weighted by atomic mass is 10.0. The fourth-order valence-electron chi connectivity index (χ4n) is 7.18. The van der Waals surface area contributed by atoms with Crippen molar-refractivity contribution in [3.05, 3.63) is 176 Å². The monoisotopic (exact) mass is 643 g/mol. The van der Waals surface area contributed by atoms with Crippen LogP contribution in [0.25, 0.3) is 75.1 Å². The molecule has 49 heavy (non-hydrogen) atoms. The first-order valence-electron chi connectivity index (χ1n) is 16.6. The molecule has 0 spiro atoms. The van der Waals surface area contributed by atoms with Gasteiger partial charge in [0.15, 0.2) is 0 Å². The average Bonchev–Trinajstić information content (AvgIpc) is 3.72. The molecule has 0 N–H and O–H groups in total. The first-order chi connectivity index (χ1) is 24.2. The number of furan rings is 1. The number of fused-ring (bicyclic) bond motifs is 7. The van der Waals surface area contributed by atoms with Crippen LogP contribution in [0.2, 0.25) is 0 Å². The summed E-state index contributed by atoms with van der Waals surface area (Å²) in [7, 11) is 0. The average molecular weight is 644 g/mol. The molecule has 8 aromatic carbocycles. The van der Waals surface area contributed by atoms with Crippen LogP contribution in [0.3, 0.4) is 0 Å². The smallest absolute Gasteiger partial charge is 0.135 e. The van der Waals surface area contributed by atoms with Crippen LogP contribution in [0.4, 0.5) is 17.1 Å². The molecule has 0 saturated carbocycles. The van der Waals surface area contributed by atoms with E-state index in [1.807, 2.05) is 23.5 Å². The normalized spacial score (nSPS) is 11.7. The van der Waals surface area contributed by atoms with E-state index in [9.17, 15) is 0 Å². The second-order valence-corrected chi connectivity index (χ2v) is 13.7. The molecule has 2 heterocycles. The topological polar surface area (TPSA) is 16.4 Å². The number of benzene rings is 8. The van der Waals surface area contributed by atoms with Gasteiger partial charge in [0.05, 0.1) is 0 Å². The molecule has 0 aliphatic heterocycles. The van der Waals surface area contributed by atoms with Gasteiger partial charge in [0.25, 0.3) is 0 Å². The SMILES string of the molecule is c1ccc(-c2ccc(N(c3ccc(-c4ccc5c(c4)sc4cc6ccccc6cc45)cc3)c3ccc4oc5ccccc5c4c3)cc2)cc1. The summed E-state index contributed by atoms with van der Waals surface area (Å²) >= 11 is 1.87. The summed E-state index contributed by atoms with van der Waals surface area (Å²) in [5.41, 5.74) is 9.89. The third-order valence-electron chi connectivity index (χ3n) is 9.65. The van der Waals surface area contributed by atoms with Crippen molar-refractivity contribution in [2.75, 3.05) is 4.90 Å². The van der Waals surface area contributed by atoms with E-state index in [0.29, 0.717) is 0 Å². The molecule has 10 aromatic rings. The third-order valence-corrected chi connectivity index (χ3v) is 10.8. The van der Waals surface area contributed by atoms with Crippen molar-refractivity contribution in [3.63, 3.8) is 0 Å². The molecule has 0 aliphatic rings. The molecule has 0 amide bonds. The predicted octanol–water partition coefficient (Wildman–Crippen LogP) is 13.9. The Morgan fingerprint density at radius 3 is 1.69 bits per heavy atom. The summed E-state index contributed by atoms with van der Waals surface area (Å²) in [6, 6.07) is 63.3. The van der Waals surface area contributed by atoms with Crippen molar-refractivity contribution < 1.29 is 4.42 Å². The van der Waals surface area contributed by atoms with E-state index in [0.717, 1.165) is 39.0 Å². The molecule has 230 valence electrons. The Labute approximate surface area is 287 Å². The summed E-state index contributed by atoms with van der Waals surface area (Å²) in [5.74, 6) is 0. The van der Waals surface area contributed by atoms with Gasteiger partial charge < -0.3 is 9.32 Å². The number of thiophene rings is 1. The number of hydrogen-bond donors (Lipinski definition) is 0. The van der Waals surface area contributed by atoms with Crippen LogP contribution < -0.4 is 4.90 Å². The first-order valence-corrected chi connectivity index (χ1v) is 17.4. The Kier molecular flexibility index (Phi) is 6.39. The Hall–Kier alpha value is -6.16. The maximum Gasteiger partial charge on any atom is 0.135 e. The zero-order valence-corrected chi connectivity index (χ0v) is 27.3. The van der Waals surface area contributed by atoms with Gasteiger partial charge in [-0.1, -0.05) is 109 Å². The van der Waals surface area contributed by atoms with Gasteiger partial charge in [-0.2, -0.15) is 0 Å². The zero-order chi connectivity index (χ0) is 32.3. The van der Waals surface area contributed by atoms with Crippen LogP contribution >= 0.6 is 11.3 Å². The summed E-state index contributed by atoms with van der Waals surface area (Å²) in [4.78, 5) is 2.33. The van der Waals surface area contributed by atoms with E-state index in [1.165, 1.54) is 53.2 Å². The van der Waals surface area contributed by atoms with Gasteiger partial charge in [-0.05, 0) is 99.8 Å². The Bertz CT molecular complexity index is 2810. The van der Waals surface area contributed by atoms with Gasteiger partial charge in [-0.15, -0.1) is 11.3 Å². The van der Waals surface area contributed by atoms with Crippen molar-refractivity contribution >= 4 is 81.3 Å². The lowest BCUT2D eigenvalue weighted by Gasteiger charge is -2.26. The molecule has 0 radical (unpaired) electrons. The van der Waals surface area contributed by atoms with E-state index >= 15 is 0 Å². The van der Waals surface area contributed by atoms with Crippen LogP contribution in [-0.4, -0.2) is 0 Å². The summed E-state index contributed by atoms with van der Waals surface area (Å²) < 4.78 is 8.82. The van der Waals surface area contributed by atoms with Gasteiger partial charge in [0, 0.05) is 48.0 Å². The lowest BCUT2D eigenvalue weighted by molar-refractivity contribution is 0.669. The van der Waals surface area contributed by atoms with Crippen molar-refractivity contribution in [2.45, 2.75) is 0 Å². The zero-order valence-electron chi connectivity index (χ0n) is 26.5. The van der Waals surface area contributed by atoms with Crippen LogP contribution in [0, 0.1) is 0 Å². The van der Waals surface area contributed by atoms with Gasteiger partial charge in [0.1, 0.15) is 11.2 Å². The van der Waals surface area contributed by atoms with Crippen LogP contribution in [-0.2, 0) is 0 Å². The highest BCUT2D eigenvalue weighted by atomic mass is 32.1. The maximum absolute atomic E-state index is 6.18. The second kappa shape index (κ2) is 11.2. The minimum atomic E-state index is 0.893. The molecule has 3 heteroatoms. The predicted molar refractivity (Wildman–Crippen MR) is 210 cm³/mol. The molecule has 0 unspecified atom stereocenters. The number of hydrogen-bond acceptors (Lipinski definition) is 3. The number of anilines is 3. The summed E-state index contributed by atoms with van der Waals surface area (Å²) in [6.07, 6.45) is 0. The van der Waals surface area contributed by atoms with E-state index in [2.05, 4.69) is 169 Å². The van der Waals surface area contributed by atoms with Gasteiger partial charge in [-0.3, -0.25) is 0 Å².